The van der Waals surface area contributed by atoms with E-state index >= 15 is 0 Å². The minimum absolute atomic E-state index is 0.127. The Kier molecular flexibility index (Phi) is 4.44. The van der Waals surface area contributed by atoms with Crippen molar-refractivity contribution < 1.29 is 9.18 Å². The molecule has 1 aliphatic heterocycles. The highest BCUT2D eigenvalue weighted by molar-refractivity contribution is 5.98. The summed E-state index contributed by atoms with van der Waals surface area (Å²) >= 11 is 0. The molecule has 8 heteroatoms. The number of aromatic nitrogens is 2. The first kappa shape index (κ1) is 16.0. The van der Waals surface area contributed by atoms with Crippen LogP contribution in [0.1, 0.15) is 22.8 Å². The lowest BCUT2D eigenvalue weighted by molar-refractivity contribution is 0.100. The van der Waals surface area contributed by atoms with E-state index in [1.807, 2.05) is 0 Å². The van der Waals surface area contributed by atoms with Crippen LogP contribution < -0.4 is 16.4 Å². The van der Waals surface area contributed by atoms with Gasteiger partial charge in [-0.1, -0.05) is 0 Å². The van der Waals surface area contributed by atoms with E-state index in [9.17, 15) is 14.4 Å². The molecule has 124 valence electrons. The number of nitriles is 1. The fourth-order valence-electron chi connectivity index (χ4n) is 2.80. The van der Waals surface area contributed by atoms with Crippen molar-refractivity contribution in [2.24, 2.45) is 11.7 Å². The number of carbonyl (C=O) groups is 1. The van der Waals surface area contributed by atoms with Crippen molar-refractivity contribution in [1.82, 2.24) is 15.1 Å². The molecule has 1 aliphatic rings. The minimum atomic E-state index is -0.617. The first-order chi connectivity index (χ1) is 11.6. The van der Waals surface area contributed by atoms with Gasteiger partial charge in [-0.2, -0.15) is 10.4 Å². The van der Waals surface area contributed by atoms with Gasteiger partial charge in [0.1, 0.15) is 11.4 Å². The quantitative estimate of drug-likeness (QED) is 0.789. The van der Waals surface area contributed by atoms with E-state index in [4.69, 9.17) is 5.73 Å². The average molecular weight is 328 g/mol. The van der Waals surface area contributed by atoms with Gasteiger partial charge in [0, 0.05) is 18.4 Å². The van der Waals surface area contributed by atoms with Crippen LogP contribution in [-0.4, -0.2) is 28.8 Å². The topological polar surface area (TPSA) is 109 Å². The number of nitrogens with one attached hydrogen (secondary N) is 2. The standard InChI is InChI=1S/C16H17FN6O/c17-11-1-3-12(4-2-11)21-16-13(15(19)24)9-23(22-16)14-5-6-20-8-10(14)7-18/h1-4,9-10,14,20H,5-6,8H2,(H2,19,24)(H,21,22)/t10-,14?/m1/s1. The highest BCUT2D eigenvalue weighted by Crippen LogP contribution is 2.27. The Balaban J connectivity index is 1.91. The minimum Gasteiger partial charge on any atom is -0.365 e. The van der Waals surface area contributed by atoms with Crippen molar-refractivity contribution in [1.29, 1.82) is 5.26 Å². The van der Waals surface area contributed by atoms with Crippen molar-refractivity contribution >= 4 is 17.4 Å². The third-order valence-electron chi connectivity index (χ3n) is 4.06. The lowest BCUT2D eigenvalue weighted by atomic mass is 9.95. The number of benzene rings is 1. The summed E-state index contributed by atoms with van der Waals surface area (Å²) in [6.45, 7) is 1.35. The van der Waals surface area contributed by atoms with Crippen LogP contribution in [0.2, 0.25) is 0 Å². The normalized spacial score (nSPS) is 20.3. The first-order valence-corrected chi connectivity index (χ1v) is 7.60. The molecular weight excluding hydrogens is 311 g/mol. The summed E-state index contributed by atoms with van der Waals surface area (Å²) in [4.78, 5) is 11.7. The number of piperidine rings is 1. The molecule has 0 saturated carbocycles. The molecule has 0 spiro atoms. The predicted octanol–water partition coefficient (Wildman–Crippen LogP) is 1.54. The molecule has 7 nitrogen and oxygen atoms in total. The van der Waals surface area contributed by atoms with Crippen LogP contribution in [0.3, 0.4) is 0 Å². The van der Waals surface area contributed by atoms with Crippen LogP contribution in [0.15, 0.2) is 30.5 Å². The van der Waals surface area contributed by atoms with E-state index in [0.29, 0.717) is 18.1 Å². The van der Waals surface area contributed by atoms with Gasteiger partial charge in [0.25, 0.3) is 5.91 Å². The monoisotopic (exact) mass is 328 g/mol. The van der Waals surface area contributed by atoms with Gasteiger partial charge in [-0.15, -0.1) is 0 Å². The number of carbonyl (C=O) groups excluding carboxylic acids is 1. The Hall–Kier alpha value is -2.92. The summed E-state index contributed by atoms with van der Waals surface area (Å²) in [7, 11) is 0. The number of hydrogen-bond donors (Lipinski definition) is 3. The van der Waals surface area contributed by atoms with Crippen molar-refractivity contribution in [3.63, 3.8) is 0 Å². The van der Waals surface area contributed by atoms with E-state index in [0.717, 1.165) is 13.0 Å². The second kappa shape index (κ2) is 6.68. The zero-order valence-electron chi connectivity index (χ0n) is 12.9. The van der Waals surface area contributed by atoms with Crippen LogP contribution in [0, 0.1) is 23.1 Å². The molecule has 1 fully saturated rings. The Bertz CT molecular complexity index is 779. The Morgan fingerprint density at radius 3 is 2.88 bits per heavy atom. The summed E-state index contributed by atoms with van der Waals surface area (Å²) in [5.41, 5.74) is 6.25. The lowest BCUT2D eigenvalue weighted by Crippen LogP contribution is -2.37. The second-order valence-corrected chi connectivity index (χ2v) is 5.66. The highest BCUT2D eigenvalue weighted by Gasteiger charge is 2.28. The molecule has 1 amide bonds. The Labute approximate surface area is 138 Å². The highest BCUT2D eigenvalue weighted by atomic mass is 19.1. The van der Waals surface area contributed by atoms with Gasteiger partial charge in [-0.3, -0.25) is 9.48 Å². The van der Waals surface area contributed by atoms with Gasteiger partial charge >= 0.3 is 0 Å². The molecule has 0 aliphatic carbocycles. The van der Waals surface area contributed by atoms with Crippen LogP contribution in [-0.2, 0) is 0 Å². The molecule has 2 heterocycles. The van der Waals surface area contributed by atoms with E-state index in [2.05, 4.69) is 21.8 Å². The van der Waals surface area contributed by atoms with Crippen molar-refractivity contribution in [2.75, 3.05) is 18.4 Å². The summed E-state index contributed by atoms with van der Waals surface area (Å²) in [5, 5.41) is 19.8. The lowest BCUT2D eigenvalue weighted by Gasteiger charge is -2.27. The fourth-order valence-corrected chi connectivity index (χ4v) is 2.80. The molecule has 1 saturated heterocycles. The zero-order chi connectivity index (χ0) is 17.1. The third-order valence-corrected chi connectivity index (χ3v) is 4.06. The third kappa shape index (κ3) is 3.21. The molecular formula is C16H17FN6O. The molecule has 1 unspecified atom stereocenters. The maximum absolute atomic E-state index is 13.0. The number of hydrogen-bond acceptors (Lipinski definition) is 5. The summed E-state index contributed by atoms with van der Waals surface area (Å²) < 4.78 is 14.6. The number of nitrogens with zero attached hydrogens (tertiary/aromatic N) is 3. The molecule has 1 aromatic carbocycles. The van der Waals surface area contributed by atoms with Crippen LogP contribution >= 0.6 is 0 Å². The van der Waals surface area contributed by atoms with Crippen molar-refractivity contribution in [2.45, 2.75) is 12.5 Å². The van der Waals surface area contributed by atoms with E-state index < -0.39 is 5.91 Å². The molecule has 3 rings (SSSR count). The molecule has 2 atom stereocenters. The van der Waals surface area contributed by atoms with Gasteiger partial charge in [0.15, 0.2) is 5.82 Å². The van der Waals surface area contributed by atoms with Crippen molar-refractivity contribution in [3.05, 3.63) is 41.8 Å². The van der Waals surface area contributed by atoms with Crippen molar-refractivity contribution in [3.8, 4) is 6.07 Å². The van der Waals surface area contributed by atoms with E-state index in [-0.39, 0.29) is 23.3 Å². The zero-order valence-corrected chi connectivity index (χ0v) is 12.9. The SMILES string of the molecule is N#C[C@@H]1CNCCC1n1cc(C(N)=O)c(Nc2ccc(F)cc2)n1. The Morgan fingerprint density at radius 2 is 2.21 bits per heavy atom. The second-order valence-electron chi connectivity index (χ2n) is 5.66. The molecule has 24 heavy (non-hydrogen) atoms. The van der Waals surface area contributed by atoms with Crippen LogP contribution in [0.25, 0.3) is 0 Å². The maximum Gasteiger partial charge on any atom is 0.254 e. The van der Waals surface area contributed by atoms with Crippen LogP contribution in [0.4, 0.5) is 15.9 Å². The average Bonchev–Trinajstić information content (AvgIpc) is 3.01. The largest absolute Gasteiger partial charge is 0.365 e. The molecule has 0 bridgehead atoms. The fraction of sp³-hybridized carbons (Fsp3) is 0.312. The molecule has 2 aromatic rings. The molecule has 1 aromatic heterocycles. The number of halogens is 1. The number of primary amides is 1. The molecule has 4 N–H and O–H groups in total. The number of amides is 1. The van der Waals surface area contributed by atoms with E-state index in [1.54, 1.807) is 23.0 Å². The summed E-state index contributed by atoms with van der Waals surface area (Å²) in [6, 6.07) is 7.84. The van der Waals surface area contributed by atoms with Gasteiger partial charge in [-0.25, -0.2) is 4.39 Å². The number of rotatable bonds is 4. The maximum atomic E-state index is 13.0. The first-order valence-electron chi connectivity index (χ1n) is 7.60. The Morgan fingerprint density at radius 1 is 1.46 bits per heavy atom. The van der Waals surface area contributed by atoms with Gasteiger partial charge < -0.3 is 16.4 Å². The molecule has 0 radical (unpaired) electrons. The summed E-state index contributed by atoms with van der Waals surface area (Å²) in [5.74, 6) is -0.913. The summed E-state index contributed by atoms with van der Waals surface area (Å²) in [6.07, 6.45) is 2.29. The van der Waals surface area contributed by atoms with Gasteiger partial charge in [0.05, 0.1) is 18.0 Å². The van der Waals surface area contributed by atoms with E-state index in [1.165, 1.54) is 12.1 Å². The number of anilines is 2. The smallest absolute Gasteiger partial charge is 0.254 e. The number of nitrogens with two attached hydrogens (primary N) is 1. The van der Waals surface area contributed by atoms with Gasteiger partial charge in [0.2, 0.25) is 0 Å². The predicted molar refractivity (Wildman–Crippen MR) is 86.1 cm³/mol. The van der Waals surface area contributed by atoms with Gasteiger partial charge in [-0.05, 0) is 37.2 Å². The van der Waals surface area contributed by atoms with Crippen LogP contribution in [0.5, 0.6) is 0 Å².